The Morgan fingerprint density at radius 3 is 2.21 bits per heavy atom. The molecule has 0 heterocycles. The molecule has 7 nitrogen and oxygen atoms in total. The lowest BCUT2D eigenvalue weighted by Gasteiger charge is -2.20. The molecule has 0 aliphatic carbocycles. The minimum atomic E-state index is -1.15. The first kappa shape index (κ1) is 12.8. The van der Waals surface area contributed by atoms with E-state index < -0.39 is 30.7 Å². The highest BCUT2D eigenvalue weighted by molar-refractivity contribution is 5.68. The van der Waals surface area contributed by atoms with Gasteiger partial charge in [0.1, 0.15) is 6.61 Å². The van der Waals surface area contributed by atoms with Crippen molar-refractivity contribution in [3.8, 4) is 0 Å². The van der Waals surface area contributed by atoms with Gasteiger partial charge in [0.25, 0.3) is 0 Å². The van der Waals surface area contributed by atoms with Crippen molar-refractivity contribution in [1.82, 2.24) is 0 Å². The van der Waals surface area contributed by atoms with E-state index in [0.29, 0.717) is 0 Å². The van der Waals surface area contributed by atoms with Crippen LogP contribution in [0.15, 0.2) is 0 Å². The Morgan fingerprint density at radius 2 is 1.86 bits per heavy atom. The van der Waals surface area contributed by atoms with Gasteiger partial charge >= 0.3 is 11.9 Å². The molecule has 14 heavy (non-hydrogen) atoms. The van der Waals surface area contributed by atoms with E-state index in [1.165, 1.54) is 0 Å². The average Bonchev–Trinajstić information content (AvgIpc) is 2.03. The van der Waals surface area contributed by atoms with Crippen molar-refractivity contribution < 1.29 is 24.5 Å². The van der Waals surface area contributed by atoms with E-state index in [1.54, 1.807) is 0 Å². The Kier molecular flexibility index (Phi) is 5.77. The fourth-order valence-electron chi connectivity index (χ4n) is 0.878. The van der Waals surface area contributed by atoms with Gasteiger partial charge in [-0.1, -0.05) is 0 Å². The first-order valence-corrected chi connectivity index (χ1v) is 3.98. The molecular weight excluding hydrogens is 192 g/mol. The Morgan fingerprint density at radius 1 is 1.29 bits per heavy atom. The molecule has 0 aromatic rings. The van der Waals surface area contributed by atoms with Gasteiger partial charge in [-0.05, 0) is 0 Å². The van der Waals surface area contributed by atoms with Gasteiger partial charge in [0, 0.05) is 12.6 Å². The van der Waals surface area contributed by atoms with Crippen molar-refractivity contribution in [2.24, 2.45) is 11.5 Å². The lowest BCUT2D eigenvalue weighted by atomic mass is 10.1. The SMILES string of the molecule is NCC(OCC(=O)O)C(N)CC(=O)O. The third-order valence-electron chi connectivity index (χ3n) is 1.54. The van der Waals surface area contributed by atoms with Gasteiger partial charge in [-0.15, -0.1) is 0 Å². The van der Waals surface area contributed by atoms with Gasteiger partial charge in [-0.3, -0.25) is 4.79 Å². The van der Waals surface area contributed by atoms with Gasteiger partial charge in [-0.2, -0.15) is 0 Å². The van der Waals surface area contributed by atoms with Crippen molar-refractivity contribution in [1.29, 1.82) is 0 Å². The highest BCUT2D eigenvalue weighted by Gasteiger charge is 2.20. The molecule has 0 spiro atoms. The highest BCUT2D eigenvalue weighted by atomic mass is 16.5. The van der Waals surface area contributed by atoms with E-state index in [2.05, 4.69) is 0 Å². The Labute approximate surface area is 80.6 Å². The number of carbonyl (C=O) groups is 2. The van der Waals surface area contributed by atoms with Crippen molar-refractivity contribution in [2.45, 2.75) is 18.6 Å². The number of rotatable bonds is 7. The standard InChI is InChI=1S/C7H14N2O5/c8-2-5(14-3-7(12)13)4(9)1-6(10)11/h4-5H,1-3,8-9H2,(H,10,11)(H,12,13). The van der Waals surface area contributed by atoms with Crippen molar-refractivity contribution in [3.63, 3.8) is 0 Å². The second-order valence-corrected chi connectivity index (χ2v) is 2.74. The quantitative estimate of drug-likeness (QED) is 0.386. The van der Waals surface area contributed by atoms with E-state index in [0.717, 1.165) is 0 Å². The van der Waals surface area contributed by atoms with Crippen LogP contribution < -0.4 is 11.5 Å². The molecule has 0 bridgehead atoms. The summed E-state index contributed by atoms with van der Waals surface area (Å²) in [6.45, 7) is -0.545. The normalized spacial score (nSPS) is 14.7. The summed E-state index contributed by atoms with van der Waals surface area (Å²) in [6, 6.07) is -0.795. The summed E-state index contributed by atoms with van der Waals surface area (Å²) in [5.74, 6) is -2.22. The molecule has 6 N–H and O–H groups in total. The van der Waals surface area contributed by atoms with E-state index in [4.69, 9.17) is 26.4 Å². The molecule has 0 radical (unpaired) electrons. The van der Waals surface area contributed by atoms with Crippen LogP contribution in [0, 0.1) is 0 Å². The first-order chi connectivity index (χ1) is 6.47. The Bertz CT molecular complexity index is 208. The molecule has 0 aromatic heterocycles. The average molecular weight is 206 g/mol. The van der Waals surface area contributed by atoms with Crippen molar-refractivity contribution >= 4 is 11.9 Å². The molecule has 0 aliphatic rings. The Hall–Kier alpha value is -1.18. The van der Waals surface area contributed by atoms with Crippen molar-refractivity contribution in [2.75, 3.05) is 13.2 Å². The third kappa shape index (κ3) is 5.46. The maximum atomic E-state index is 10.3. The van der Waals surface area contributed by atoms with Crippen LogP contribution in [0.25, 0.3) is 0 Å². The number of carboxylic acids is 2. The molecular formula is C7H14N2O5. The van der Waals surface area contributed by atoms with Gasteiger partial charge in [0.15, 0.2) is 0 Å². The molecule has 2 unspecified atom stereocenters. The summed E-state index contributed by atoms with van der Waals surface area (Å²) in [5, 5.41) is 16.7. The topological polar surface area (TPSA) is 136 Å². The second-order valence-electron chi connectivity index (χ2n) is 2.74. The van der Waals surface area contributed by atoms with Crippen molar-refractivity contribution in [3.05, 3.63) is 0 Å². The van der Waals surface area contributed by atoms with Crippen LogP contribution in [0.2, 0.25) is 0 Å². The monoisotopic (exact) mass is 206 g/mol. The summed E-state index contributed by atoms with van der Waals surface area (Å²) in [4.78, 5) is 20.4. The maximum Gasteiger partial charge on any atom is 0.329 e. The first-order valence-electron chi connectivity index (χ1n) is 3.98. The van der Waals surface area contributed by atoms with Crippen LogP contribution in [0.5, 0.6) is 0 Å². The van der Waals surface area contributed by atoms with Gasteiger partial charge in [0.05, 0.1) is 12.5 Å². The zero-order chi connectivity index (χ0) is 11.1. The molecule has 0 aliphatic heterocycles. The number of hydrogen-bond donors (Lipinski definition) is 4. The molecule has 0 aromatic carbocycles. The predicted molar refractivity (Wildman–Crippen MR) is 46.7 cm³/mol. The fourth-order valence-corrected chi connectivity index (χ4v) is 0.878. The molecule has 0 rings (SSSR count). The fraction of sp³-hybridized carbons (Fsp3) is 0.714. The summed E-state index contributed by atoms with van der Waals surface area (Å²) < 4.78 is 4.80. The number of carboxylic acid groups (broad SMARTS) is 2. The third-order valence-corrected chi connectivity index (χ3v) is 1.54. The maximum absolute atomic E-state index is 10.3. The molecule has 0 amide bonds. The number of hydrogen-bond acceptors (Lipinski definition) is 5. The lowest BCUT2D eigenvalue weighted by Crippen LogP contribution is -2.44. The van der Waals surface area contributed by atoms with Gasteiger partial charge in [-0.25, -0.2) is 4.79 Å². The number of ether oxygens (including phenoxy) is 1. The second kappa shape index (κ2) is 6.30. The van der Waals surface area contributed by atoms with E-state index in [-0.39, 0.29) is 13.0 Å². The van der Waals surface area contributed by atoms with E-state index in [1.807, 2.05) is 0 Å². The molecule has 0 saturated carbocycles. The highest BCUT2D eigenvalue weighted by Crippen LogP contribution is 2.00. The van der Waals surface area contributed by atoms with E-state index >= 15 is 0 Å². The zero-order valence-corrected chi connectivity index (χ0v) is 7.55. The predicted octanol–water partition coefficient (Wildman–Crippen LogP) is -1.78. The minimum absolute atomic E-state index is 0.0122. The molecule has 2 atom stereocenters. The Balaban J connectivity index is 3.98. The smallest absolute Gasteiger partial charge is 0.329 e. The summed E-state index contributed by atoms with van der Waals surface area (Å²) in [6.07, 6.45) is -1.05. The van der Waals surface area contributed by atoms with Crippen LogP contribution in [-0.2, 0) is 14.3 Å². The van der Waals surface area contributed by atoms with Crippen LogP contribution >= 0.6 is 0 Å². The summed E-state index contributed by atoms with van der Waals surface area (Å²) in [7, 11) is 0. The molecule has 0 saturated heterocycles. The molecule has 7 heteroatoms. The lowest BCUT2D eigenvalue weighted by molar-refractivity contribution is -0.145. The van der Waals surface area contributed by atoms with Gasteiger partial charge in [0.2, 0.25) is 0 Å². The number of nitrogens with two attached hydrogens (primary N) is 2. The zero-order valence-electron chi connectivity index (χ0n) is 7.55. The summed E-state index contributed by atoms with van der Waals surface area (Å²) in [5.41, 5.74) is 10.7. The van der Waals surface area contributed by atoms with Crippen LogP contribution in [0.4, 0.5) is 0 Å². The van der Waals surface area contributed by atoms with Crippen LogP contribution in [-0.4, -0.2) is 47.4 Å². The molecule has 82 valence electrons. The number of aliphatic carboxylic acids is 2. The largest absolute Gasteiger partial charge is 0.481 e. The minimum Gasteiger partial charge on any atom is -0.481 e. The van der Waals surface area contributed by atoms with E-state index in [9.17, 15) is 9.59 Å². The van der Waals surface area contributed by atoms with Crippen LogP contribution in [0.1, 0.15) is 6.42 Å². The van der Waals surface area contributed by atoms with Crippen LogP contribution in [0.3, 0.4) is 0 Å². The summed E-state index contributed by atoms with van der Waals surface area (Å²) >= 11 is 0. The van der Waals surface area contributed by atoms with Gasteiger partial charge < -0.3 is 26.4 Å². The molecule has 0 fully saturated rings.